The van der Waals surface area contributed by atoms with Crippen LogP contribution in [0.4, 0.5) is 5.69 Å². The molecule has 0 aliphatic heterocycles. The van der Waals surface area contributed by atoms with Crippen molar-refractivity contribution in [3.63, 3.8) is 0 Å². The fourth-order valence-corrected chi connectivity index (χ4v) is 3.84. The van der Waals surface area contributed by atoms with E-state index in [4.69, 9.17) is 0 Å². The third kappa shape index (κ3) is 4.51. The van der Waals surface area contributed by atoms with Crippen molar-refractivity contribution in [1.29, 1.82) is 0 Å². The number of amides is 2. The van der Waals surface area contributed by atoms with Crippen molar-refractivity contribution in [3.8, 4) is 0 Å². The van der Waals surface area contributed by atoms with E-state index in [2.05, 4.69) is 34.9 Å². The molecule has 2 N–H and O–H groups in total. The third-order valence-electron chi connectivity index (χ3n) is 5.21. The molecule has 0 spiro atoms. The first-order chi connectivity index (χ1) is 12.6. The predicted octanol–water partition coefficient (Wildman–Crippen LogP) is 3.82. The first kappa shape index (κ1) is 18.2. The molecule has 4 heteroatoms. The van der Waals surface area contributed by atoms with Crippen LogP contribution in [0.1, 0.15) is 43.7 Å². The topological polar surface area (TPSA) is 58.2 Å². The molecular formula is C22H26N2O2. The lowest BCUT2D eigenvalue weighted by Crippen LogP contribution is -2.39. The molecule has 4 nitrogen and oxygen atoms in total. The molecule has 0 radical (unpaired) electrons. The highest BCUT2D eigenvalue weighted by atomic mass is 16.2. The van der Waals surface area contributed by atoms with Gasteiger partial charge in [-0.25, -0.2) is 0 Å². The normalized spacial score (nSPS) is 15.4. The highest BCUT2D eigenvalue weighted by Crippen LogP contribution is 2.40. The van der Waals surface area contributed by atoms with Crippen LogP contribution in [-0.4, -0.2) is 18.4 Å². The second-order valence-corrected chi connectivity index (χ2v) is 7.19. The molecule has 2 aromatic carbocycles. The molecule has 1 saturated carbocycles. The van der Waals surface area contributed by atoms with Crippen LogP contribution in [0, 0.1) is 0 Å². The number of rotatable bonds is 6. The number of nitrogens with one attached hydrogen (secondary N) is 2. The van der Waals surface area contributed by atoms with Gasteiger partial charge in [0.25, 0.3) is 0 Å². The Bertz CT molecular complexity index is 747. The van der Waals surface area contributed by atoms with Gasteiger partial charge in [-0.1, -0.05) is 55.3 Å². The van der Waals surface area contributed by atoms with Gasteiger partial charge in [0.2, 0.25) is 11.8 Å². The van der Waals surface area contributed by atoms with Gasteiger partial charge >= 0.3 is 0 Å². The number of hydrogen-bond donors (Lipinski definition) is 2. The Balaban J connectivity index is 1.58. The molecule has 136 valence electrons. The zero-order valence-corrected chi connectivity index (χ0v) is 15.3. The Hall–Kier alpha value is -2.62. The molecule has 1 fully saturated rings. The minimum atomic E-state index is -0.0988. The minimum absolute atomic E-state index is 0.0412. The summed E-state index contributed by atoms with van der Waals surface area (Å²) in [6.07, 6.45) is 5.04. The number of hydrogen-bond acceptors (Lipinski definition) is 2. The Morgan fingerprint density at radius 2 is 1.62 bits per heavy atom. The number of benzene rings is 2. The Morgan fingerprint density at radius 3 is 2.23 bits per heavy atom. The standard InChI is InChI=1S/C22H26N2O2/c1-17(25)24-20-11-9-18(10-12-20)15-21(26)23-16-22(13-5-6-14-22)19-7-3-2-4-8-19/h2-4,7-12H,5-6,13-16H2,1H3,(H,23,26)(H,24,25). The van der Waals surface area contributed by atoms with E-state index in [1.165, 1.54) is 25.3 Å². The SMILES string of the molecule is CC(=O)Nc1ccc(CC(=O)NCC2(c3ccccc3)CCCC2)cc1. The van der Waals surface area contributed by atoms with Gasteiger partial charge < -0.3 is 10.6 Å². The monoisotopic (exact) mass is 350 g/mol. The van der Waals surface area contributed by atoms with Crippen LogP contribution < -0.4 is 10.6 Å². The summed E-state index contributed by atoms with van der Waals surface area (Å²) in [6, 6.07) is 18.0. The maximum Gasteiger partial charge on any atom is 0.224 e. The number of carbonyl (C=O) groups excluding carboxylic acids is 2. The van der Waals surface area contributed by atoms with Crippen LogP contribution in [0.3, 0.4) is 0 Å². The molecule has 2 amide bonds. The van der Waals surface area contributed by atoms with Crippen molar-refractivity contribution >= 4 is 17.5 Å². The summed E-state index contributed by atoms with van der Waals surface area (Å²) in [5.74, 6) is -0.0576. The van der Waals surface area contributed by atoms with Crippen LogP contribution >= 0.6 is 0 Å². The van der Waals surface area contributed by atoms with E-state index < -0.39 is 0 Å². The number of carbonyl (C=O) groups is 2. The van der Waals surface area contributed by atoms with Crippen molar-refractivity contribution in [2.24, 2.45) is 0 Å². The van der Waals surface area contributed by atoms with Gasteiger partial charge in [0.15, 0.2) is 0 Å². The molecule has 0 aromatic heterocycles. The third-order valence-corrected chi connectivity index (χ3v) is 5.21. The average molecular weight is 350 g/mol. The Kier molecular flexibility index (Phi) is 5.71. The summed E-state index contributed by atoms with van der Waals surface area (Å²) < 4.78 is 0. The lowest BCUT2D eigenvalue weighted by molar-refractivity contribution is -0.120. The molecule has 2 aromatic rings. The highest BCUT2D eigenvalue weighted by molar-refractivity contribution is 5.88. The molecule has 0 bridgehead atoms. The Labute approximate surface area is 155 Å². The van der Waals surface area contributed by atoms with Crippen LogP contribution in [0.15, 0.2) is 54.6 Å². The predicted molar refractivity (Wildman–Crippen MR) is 104 cm³/mol. The second-order valence-electron chi connectivity index (χ2n) is 7.19. The fourth-order valence-electron chi connectivity index (χ4n) is 3.84. The summed E-state index contributed by atoms with van der Waals surface area (Å²) in [5.41, 5.74) is 3.09. The zero-order chi connectivity index (χ0) is 18.4. The van der Waals surface area contributed by atoms with Crippen molar-refractivity contribution < 1.29 is 9.59 Å². The van der Waals surface area contributed by atoms with Crippen molar-refractivity contribution in [2.75, 3.05) is 11.9 Å². The van der Waals surface area contributed by atoms with E-state index in [9.17, 15) is 9.59 Å². The van der Waals surface area contributed by atoms with Gasteiger partial charge in [0.1, 0.15) is 0 Å². The first-order valence-electron chi connectivity index (χ1n) is 9.26. The van der Waals surface area contributed by atoms with Crippen molar-refractivity contribution in [1.82, 2.24) is 5.32 Å². The first-order valence-corrected chi connectivity index (χ1v) is 9.26. The quantitative estimate of drug-likeness (QED) is 0.832. The maximum atomic E-state index is 12.4. The van der Waals surface area contributed by atoms with Gasteiger partial charge in [-0.15, -0.1) is 0 Å². The van der Waals surface area contributed by atoms with Crippen molar-refractivity contribution in [2.45, 2.75) is 44.4 Å². The van der Waals surface area contributed by atoms with Gasteiger partial charge in [0.05, 0.1) is 6.42 Å². The molecule has 3 rings (SSSR count). The smallest absolute Gasteiger partial charge is 0.224 e. The summed E-state index contributed by atoms with van der Waals surface area (Å²) in [4.78, 5) is 23.5. The molecule has 0 unspecified atom stereocenters. The summed E-state index contributed by atoms with van der Waals surface area (Å²) in [5, 5.41) is 5.88. The van der Waals surface area contributed by atoms with Crippen LogP contribution in [-0.2, 0) is 21.4 Å². The number of anilines is 1. The molecule has 0 heterocycles. The summed E-state index contributed by atoms with van der Waals surface area (Å²) in [6.45, 7) is 2.17. The van der Waals surface area contributed by atoms with E-state index in [-0.39, 0.29) is 17.2 Å². The molecule has 26 heavy (non-hydrogen) atoms. The molecule has 0 atom stereocenters. The van der Waals surface area contributed by atoms with E-state index in [1.54, 1.807) is 0 Å². The van der Waals surface area contributed by atoms with Gasteiger partial charge in [0, 0.05) is 24.6 Å². The molecule has 0 saturated heterocycles. The largest absolute Gasteiger partial charge is 0.355 e. The van der Waals surface area contributed by atoms with E-state index in [1.807, 2.05) is 30.3 Å². The molecule has 1 aliphatic rings. The summed E-state index contributed by atoms with van der Waals surface area (Å²) in [7, 11) is 0. The minimum Gasteiger partial charge on any atom is -0.355 e. The van der Waals surface area contributed by atoms with Crippen LogP contribution in [0.25, 0.3) is 0 Å². The van der Waals surface area contributed by atoms with E-state index >= 15 is 0 Å². The average Bonchev–Trinajstić information content (AvgIpc) is 3.12. The van der Waals surface area contributed by atoms with Crippen LogP contribution in [0.2, 0.25) is 0 Å². The summed E-state index contributed by atoms with van der Waals surface area (Å²) >= 11 is 0. The maximum absolute atomic E-state index is 12.4. The molecule has 1 aliphatic carbocycles. The Morgan fingerprint density at radius 1 is 0.962 bits per heavy atom. The fraction of sp³-hybridized carbons (Fsp3) is 0.364. The second kappa shape index (κ2) is 8.17. The van der Waals surface area contributed by atoms with Crippen molar-refractivity contribution in [3.05, 3.63) is 65.7 Å². The van der Waals surface area contributed by atoms with Gasteiger partial charge in [-0.05, 0) is 36.1 Å². The van der Waals surface area contributed by atoms with E-state index in [0.717, 1.165) is 24.1 Å². The lowest BCUT2D eigenvalue weighted by Gasteiger charge is -2.30. The highest BCUT2D eigenvalue weighted by Gasteiger charge is 2.35. The zero-order valence-electron chi connectivity index (χ0n) is 15.3. The van der Waals surface area contributed by atoms with Gasteiger partial charge in [-0.3, -0.25) is 9.59 Å². The van der Waals surface area contributed by atoms with E-state index in [0.29, 0.717) is 13.0 Å². The molecular weight excluding hydrogens is 324 g/mol. The van der Waals surface area contributed by atoms with Gasteiger partial charge in [-0.2, -0.15) is 0 Å². The van der Waals surface area contributed by atoms with Crippen LogP contribution in [0.5, 0.6) is 0 Å². The lowest BCUT2D eigenvalue weighted by atomic mass is 9.79.